The van der Waals surface area contributed by atoms with Crippen molar-refractivity contribution in [3.63, 3.8) is 0 Å². The number of piperidine rings is 1. The molecule has 5 heteroatoms. The van der Waals surface area contributed by atoms with Crippen LogP contribution in [0, 0.1) is 31.6 Å². The first-order valence-corrected chi connectivity index (χ1v) is 13.1. The molecular weight excluding hydrogens is 448 g/mol. The number of nitrogens with zero attached hydrogens (tertiary/aromatic N) is 2. The van der Waals surface area contributed by atoms with Crippen molar-refractivity contribution >= 4 is 5.91 Å². The minimum atomic E-state index is -0.187. The number of rotatable bonds is 3. The van der Waals surface area contributed by atoms with Gasteiger partial charge in [0.1, 0.15) is 6.10 Å². The molecule has 6 rings (SSSR count). The minimum absolute atomic E-state index is 0.0906. The molecule has 2 bridgehead atoms. The predicted molar refractivity (Wildman–Crippen MR) is 140 cm³/mol. The summed E-state index contributed by atoms with van der Waals surface area (Å²) in [5.74, 6) is 7.06. The molecule has 2 aromatic carbocycles. The molecule has 2 fully saturated rings. The zero-order valence-electron chi connectivity index (χ0n) is 21.4. The van der Waals surface area contributed by atoms with Crippen LogP contribution in [0.2, 0.25) is 0 Å². The average Bonchev–Trinajstić information content (AvgIpc) is 3.22. The van der Waals surface area contributed by atoms with Crippen LogP contribution >= 0.6 is 0 Å². The fourth-order valence-corrected chi connectivity index (χ4v) is 7.57. The van der Waals surface area contributed by atoms with Gasteiger partial charge in [-0.1, -0.05) is 24.1 Å². The predicted octanol–water partition coefficient (Wildman–Crippen LogP) is 4.11. The third kappa shape index (κ3) is 3.24. The summed E-state index contributed by atoms with van der Waals surface area (Å²) in [4.78, 5) is 17.7. The number of phenolic OH excluding ortho intramolecular Hbond substituents is 1. The van der Waals surface area contributed by atoms with Crippen molar-refractivity contribution in [3.8, 4) is 23.3 Å². The van der Waals surface area contributed by atoms with Gasteiger partial charge in [0.25, 0.3) is 5.91 Å². The van der Waals surface area contributed by atoms with Crippen LogP contribution in [0.5, 0.6) is 11.5 Å². The van der Waals surface area contributed by atoms with Gasteiger partial charge in [0, 0.05) is 42.1 Å². The Morgan fingerprint density at radius 2 is 2.11 bits per heavy atom. The van der Waals surface area contributed by atoms with Gasteiger partial charge in [-0.05, 0) is 86.9 Å². The molecule has 0 aromatic heterocycles. The van der Waals surface area contributed by atoms with Gasteiger partial charge >= 0.3 is 0 Å². The SMILES string of the molecule is C=CCN1CC[C@]23c4c5ccc(O)c4O[C@H]2[C@H](N(C)C(=O)C#Cc2ccc(C)c(C)c2)CC[C@H]3[C@H]1C5. The highest BCUT2D eigenvalue weighted by Crippen LogP contribution is 2.64. The standard InChI is InChI=1S/C31H34N2O3/c1-5-15-33-16-14-31-23-10-11-24(32(4)27(35)13-8-21-7-6-19(2)20(3)17-21)30(31)36-29-26(34)12-9-22(28(29)31)18-25(23)33/h5-7,9,12,17,23-25,30,34H,1,10-11,14-16,18H2,2-4H3/t23-,24+,25+,30-,31-/m0/s1. The molecule has 0 radical (unpaired) electrons. The first kappa shape index (κ1) is 23.2. The summed E-state index contributed by atoms with van der Waals surface area (Å²) < 4.78 is 6.65. The lowest BCUT2D eigenvalue weighted by Crippen LogP contribution is -2.68. The number of hydrogen-bond donors (Lipinski definition) is 1. The van der Waals surface area contributed by atoms with Gasteiger partial charge in [0.05, 0.1) is 6.04 Å². The molecule has 1 N–H and O–H groups in total. The normalized spacial score (nSPS) is 29.4. The molecule has 1 amide bonds. The number of aromatic hydroxyl groups is 1. The largest absolute Gasteiger partial charge is 0.504 e. The Kier molecular flexibility index (Phi) is 5.42. The van der Waals surface area contributed by atoms with E-state index in [4.69, 9.17) is 4.74 Å². The first-order chi connectivity index (χ1) is 17.3. The number of phenols is 1. The summed E-state index contributed by atoms with van der Waals surface area (Å²) in [5, 5.41) is 10.8. The number of carbonyl (C=O) groups excluding carboxylic acids is 1. The summed E-state index contributed by atoms with van der Waals surface area (Å²) in [6.45, 7) is 9.98. The number of amides is 1. The van der Waals surface area contributed by atoms with Crippen molar-refractivity contribution in [2.75, 3.05) is 20.1 Å². The summed E-state index contributed by atoms with van der Waals surface area (Å²) in [7, 11) is 1.86. The van der Waals surface area contributed by atoms with Gasteiger partial charge in [-0.3, -0.25) is 9.69 Å². The van der Waals surface area contributed by atoms with Crippen LogP contribution in [0.15, 0.2) is 43.0 Å². The van der Waals surface area contributed by atoms with E-state index in [1.807, 2.05) is 31.3 Å². The van der Waals surface area contributed by atoms with Gasteiger partial charge < -0.3 is 14.7 Å². The smallest absolute Gasteiger partial charge is 0.298 e. The Labute approximate surface area is 213 Å². The third-order valence-corrected chi connectivity index (χ3v) is 9.40. The van der Waals surface area contributed by atoms with Gasteiger partial charge in [-0.25, -0.2) is 0 Å². The van der Waals surface area contributed by atoms with Crippen molar-refractivity contribution in [2.45, 2.75) is 63.1 Å². The van der Waals surface area contributed by atoms with Crippen molar-refractivity contribution in [1.29, 1.82) is 0 Å². The van der Waals surface area contributed by atoms with Crippen LogP contribution < -0.4 is 4.74 Å². The second kappa shape index (κ2) is 8.42. The van der Waals surface area contributed by atoms with Gasteiger partial charge in [0.15, 0.2) is 11.5 Å². The zero-order chi connectivity index (χ0) is 25.2. The van der Waals surface area contributed by atoms with E-state index in [1.165, 1.54) is 22.3 Å². The molecule has 5 atom stereocenters. The molecule has 0 unspecified atom stereocenters. The number of aryl methyl sites for hydroxylation is 2. The van der Waals surface area contributed by atoms with E-state index in [9.17, 15) is 9.90 Å². The van der Waals surface area contributed by atoms with Crippen molar-refractivity contribution < 1.29 is 14.6 Å². The van der Waals surface area contributed by atoms with Crippen LogP contribution in [0.4, 0.5) is 0 Å². The number of likely N-dealkylation sites (tertiary alicyclic amines) is 1. The molecule has 4 aliphatic rings. The Morgan fingerprint density at radius 3 is 2.89 bits per heavy atom. The highest BCUT2D eigenvalue weighted by Gasteiger charge is 2.66. The van der Waals surface area contributed by atoms with Crippen LogP contribution in [0.3, 0.4) is 0 Å². The van der Waals surface area contributed by atoms with E-state index in [0.717, 1.165) is 44.3 Å². The third-order valence-electron chi connectivity index (χ3n) is 9.40. The van der Waals surface area contributed by atoms with Crippen LogP contribution in [0.25, 0.3) is 0 Å². The lowest BCUT2D eigenvalue weighted by atomic mass is 9.51. The fourth-order valence-electron chi connectivity index (χ4n) is 7.57. The lowest BCUT2D eigenvalue weighted by molar-refractivity contribution is -0.134. The molecule has 36 heavy (non-hydrogen) atoms. The quantitative estimate of drug-likeness (QED) is 0.528. The van der Waals surface area contributed by atoms with Gasteiger partial charge in [-0.2, -0.15) is 0 Å². The van der Waals surface area contributed by atoms with Crippen LogP contribution in [0.1, 0.15) is 47.1 Å². The fraction of sp³-hybridized carbons (Fsp3) is 0.452. The van der Waals surface area contributed by atoms with Crippen molar-refractivity contribution in [2.24, 2.45) is 5.92 Å². The Hall–Kier alpha value is -3.23. The second-order valence-corrected chi connectivity index (χ2v) is 11.0. The summed E-state index contributed by atoms with van der Waals surface area (Å²) in [6, 6.07) is 10.2. The van der Waals surface area contributed by atoms with E-state index >= 15 is 0 Å². The molecule has 2 heterocycles. The molecule has 1 saturated carbocycles. The maximum absolute atomic E-state index is 13.3. The number of hydrogen-bond acceptors (Lipinski definition) is 4. The number of carbonyl (C=O) groups is 1. The first-order valence-electron chi connectivity index (χ1n) is 13.1. The summed E-state index contributed by atoms with van der Waals surface area (Å²) >= 11 is 0. The van der Waals surface area contributed by atoms with Crippen LogP contribution in [-0.2, 0) is 16.6 Å². The number of ether oxygens (including phenoxy) is 1. The van der Waals surface area contributed by atoms with Crippen molar-refractivity contribution in [3.05, 3.63) is 70.8 Å². The summed E-state index contributed by atoms with van der Waals surface area (Å²) in [5.41, 5.74) is 5.55. The lowest BCUT2D eigenvalue weighted by Gasteiger charge is -2.60. The molecule has 1 spiro atoms. The summed E-state index contributed by atoms with van der Waals surface area (Å²) in [6.07, 6.45) is 5.66. The van der Waals surface area contributed by atoms with Crippen LogP contribution in [-0.4, -0.2) is 59.1 Å². The molecule has 5 nitrogen and oxygen atoms in total. The van der Waals surface area contributed by atoms with Crippen molar-refractivity contribution in [1.82, 2.24) is 9.80 Å². The van der Waals surface area contributed by atoms with E-state index in [2.05, 4.69) is 43.2 Å². The molecule has 186 valence electrons. The van der Waals surface area contributed by atoms with E-state index in [-0.39, 0.29) is 29.2 Å². The van der Waals surface area contributed by atoms with Gasteiger partial charge in [-0.15, -0.1) is 6.58 Å². The number of likely N-dealkylation sites (N-methyl/N-ethyl adjacent to an activating group) is 1. The number of benzene rings is 2. The van der Waals surface area contributed by atoms with Gasteiger partial charge in [0.2, 0.25) is 0 Å². The Balaban J connectivity index is 1.35. The minimum Gasteiger partial charge on any atom is -0.504 e. The van der Waals surface area contributed by atoms with E-state index in [0.29, 0.717) is 17.7 Å². The highest BCUT2D eigenvalue weighted by atomic mass is 16.5. The van der Waals surface area contributed by atoms with E-state index < -0.39 is 0 Å². The van der Waals surface area contributed by atoms with E-state index in [1.54, 1.807) is 11.0 Å². The highest BCUT2D eigenvalue weighted by molar-refractivity contribution is 5.94. The Bertz CT molecular complexity index is 1320. The maximum Gasteiger partial charge on any atom is 0.298 e. The molecule has 1 saturated heterocycles. The topological polar surface area (TPSA) is 53.0 Å². The Morgan fingerprint density at radius 1 is 1.28 bits per heavy atom. The average molecular weight is 483 g/mol. The second-order valence-electron chi connectivity index (χ2n) is 11.0. The molecule has 2 aromatic rings. The molecular formula is C31H34N2O3. The maximum atomic E-state index is 13.3. The molecule has 2 aliphatic heterocycles. The molecule has 2 aliphatic carbocycles. The zero-order valence-corrected chi connectivity index (χ0v) is 21.4. The monoisotopic (exact) mass is 482 g/mol.